The Morgan fingerprint density at radius 3 is 2.66 bits per heavy atom. The van der Waals surface area contributed by atoms with E-state index >= 15 is 0 Å². The number of benzene rings is 2. The predicted octanol–water partition coefficient (Wildman–Crippen LogP) is 3.43. The number of carbonyl (C=O) groups is 1. The molecule has 1 amide bonds. The molecule has 2 aromatic carbocycles. The Hall–Kier alpha value is -3.30. The minimum absolute atomic E-state index is 0.135. The van der Waals surface area contributed by atoms with Crippen molar-refractivity contribution >= 4 is 35.0 Å². The molecule has 10 heteroatoms. The van der Waals surface area contributed by atoms with Crippen LogP contribution >= 0.6 is 23.4 Å². The predicted molar refractivity (Wildman–Crippen MR) is 114 cm³/mol. The average Bonchev–Trinajstić information content (AvgIpc) is 3.36. The highest BCUT2D eigenvalue weighted by Crippen LogP contribution is 2.24. The molecule has 0 unspecified atom stereocenters. The van der Waals surface area contributed by atoms with Gasteiger partial charge in [-0.1, -0.05) is 53.7 Å². The standard InChI is InChI=1S/C19H16ClN7OS/c20-13-6-8-14(9-7-13)22-17(28)11-29-19-26-25-18(27(19)21)16-10-15(23-24-16)12-4-2-1-3-5-12/h1-10H,11,21H2,(H,22,28)(H,23,24). The van der Waals surface area contributed by atoms with E-state index in [2.05, 4.69) is 25.7 Å². The molecule has 0 aliphatic rings. The average molecular weight is 426 g/mol. The fourth-order valence-corrected chi connectivity index (χ4v) is 3.40. The van der Waals surface area contributed by atoms with E-state index < -0.39 is 0 Å². The van der Waals surface area contributed by atoms with E-state index in [0.29, 0.717) is 27.4 Å². The summed E-state index contributed by atoms with van der Waals surface area (Å²) in [7, 11) is 0. The van der Waals surface area contributed by atoms with E-state index in [9.17, 15) is 4.79 Å². The smallest absolute Gasteiger partial charge is 0.234 e. The van der Waals surface area contributed by atoms with Crippen LogP contribution in [0.3, 0.4) is 0 Å². The molecular formula is C19H16ClN7OS. The van der Waals surface area contributed by atoms with Crippen LogP contribution in [0.5, 0.6) is 0 Å². The SMILES string of the molecule is Nn1c(SCC(=O)Nc2ccc(Cl)cc2)nnc1-c1cc(-c2ccccc2)n[nH]1. The third-order valence-electron chi connectivity index (χ3n) is 4.01. The van der Waals surface area contributed by atoms with Gasteiger partial charge in [-0.15, -0.1) is 10.2 Å². The first-order chi connectivity index (χ1) is 14.1. The third-order valence-corrected chi connectivity index (χ3v) is 5.21. The van der Waals surface area contributed by atoms with E-state index in [0.717, 1.165) is 11.3 Å². The number of thioether (sulfide) groups is 1. The van der Waals surface area contributed by atoms with Gasteiger partial charge in [-0.2, -0.15) is 5.10 Å². The monoisotopic (exact) mass is 425 g/mol. The van der Waals surface area contributed by atoms with Crippen LogP contribution < -0.4 is 11.2 Å². The van der Waals surface area contributed by atoms with E-state index in [-0.39, 0.29) is 11.7 Å². The Morgan fingerprint density at radius 2 is 1.90 bits per heavy atom. The normalized spacial score (nSPS) is 10.8. The topological polar surface area (TPSA) is 115 Å². The summed E-state index contributed by atoms with van der Waals surface area (Å²) in [5.74, 6) is 6.50. The first kappa shape index (κ1) is 19.0. The van der Waals surface area contributed by atoms with Gasteiger partial charge in [0.2, 0.25) is 16.9 Å². The van der Waals surface area contributed by atoms with Gasteiger partial charge in [0.25, 0.3) is 0 Å². The van der Waals surface area contributed by atoms with Crippen LogP contribution in [0.1, 0.15) is 0 Å². The van der Waals surface area contributed by atoms with Gasteiger partial charge in [-0.3, -0.25) is 9.89 Å². The molecule has 8 nitrogen and oxygen atoms in total. The Bertz CT molecular complexity index is 1130. The van der Waals surface area contributed by atoms with Crippen LogP contribution in [-0.2, 0) is 4.79 Å². The van der Waals surface area contributed by atoms with Gasteiger partial charge in [0.05, 0.1) is 11.4 Å². The minimum atomic E-state index is -0.185. The van der Waals surface area contributed by atoms with Crippen molar-refractivity contribution in [2.45, 2.75) is 5.16 Å². The van der Waals surface area contributed by atoms with Crippen molar-refractivity contribution in [3.8, 4) is 22.8 Å². The highest BCUT2D eigenvalue weighted by molar-refractivity contribution is 7.99. The second-order valence-electron chi connectivity index (χ2n) is 6.05. The molecule has 0 radical (unpaired) electrons. The zero-order valence-corrected chi connectivity index (χ0v) is 16.6. The molecule has 29 heavy (non-hydrogen) atoms. The number of carbonyl (C=O) groups excluding carboxylic acids is 1. The second-order valence-corrected chi connectivity index (χ2v) is 7.43. The van der Waals surface area contributed by atoms with Crippen LogP contribution in [0, 0.1) is 0 Å². The van der Waals surface area contributed by atoms with E-state index in [1.165, 1.54) is 16.4 Å². The van der Waals surface area contributed by atoms with E-state index in [4.69, 9.17) is 17.4 Å². The molecule has 0 saturated carbocycles. The van der Waals surface area contributed by atoms with Gasteiger partial charge in [0.15, 0.2) is 0 Å². The maximum Gasteiger partial charge on any atom is 0.234 e. The summed E-state index contributed by atoms with van der Waals surface area (Å²) < 4.78 is 1.34. The Labute approximate surface area is 175 Å². The number of amides is 1. The maximum atomic E-state index is 12.1. The summed E-state index contributed by atoms with van der Waals surface area (Å²) in [5, 5.41) is 19.2. The van der Waals surface area contributed by atoms with Crippen LogP contribution in [0.2, 0.25) is 5.02 Å². The maximum absolute atomic E-state index is 12.1. The van der Waals surface area contributed by atoms with Crippen LogP contribution in [-0.4, -0.2) is 36.7 Å². The van der Waals surface area contributed by atoms with Crippen molar-refractivity contribution in [3.63, 3.8) is 0 Å². The van der Waals surface area contributed by atoms with Crippen molar-refractivity contribution < 1.29 is 4.79 Å². The highest BCUT2D eigenvalue weighted by Gasteiger charge is 2.16. The van der Waals surface area contributed by atoms with Crippen molar-refractivity contribution in [1.29, 1.82) is 0 Å². The molecule has 2 aromatic heterocycles. The van der Waals surface area contributed by atoms with E-state index in [1.54, 1.807) is 24.3 Å². The number of aromatic nitrogens is 5. The largest absolute Gasteiger partial charge is 0.335 e. The zero-order chi connectivity index (χ0) is 20.2. The molecule has 0 saturated heterocycles. The molecule has 0 atom stereocenters. The molecular weight excluding hydrogens is 410 g/mol. The number of rotatable bonds is 6. The Morgan fingerprint density at radius 1 is 1.14 bits per heavy atom. The van der Waals surface area contributed by atoms with Crippen LogP contribution in [0.15, 0.2) is 65.8 Å². The van der Waals surface area contributed by atoms with Gasteiger partial charge >= 0.3 is 0 Å². The number of hydrogen-bond donors (Lipinski definition) is 3. The minimum Gasteiger partial charge on any atom is -0.335 e. The number of nitrogens with zero attached hydrogens (tertiary/aromatic N) is 4. The lowest BCUT2D eigenvalue weighted by atomic mass is 10.1. The van der Waals surface area contributed by atoms with Gasteiger partial charge in [0, 0.05) is 16.3 Å². The number of H-pyrrole nitrogens is 1. The summed E-state index contributed by atoms with van der Waals surface area (Å²) in [6.07, 6.45) is 0. The molecule has 4 N–H and O–H groups in total. The fraction of sp³-hybridized carbons (Fsp3) is 0.0526. The molecule has 146 valence electrons. The summed E-state index contributed by atoms with van der Waals surface area (Å²) in [6, 6.07) is 18.5. The Kier molecular flexibility index (Phi) is 5.50. The summed E-state index contributed by atoms with van der Waals surface area (Å²) in [6.45, 7) is 0. The lowest BCUT2D eigenvalue weighted by molar-refractivity contribution is -0.113. The van der Waals surface area contributed by atoms with Crippen molar-refractivity contribution in [1.82, 2.24) is 25.1 Å². The summed E-state index contributed by atoms with van der Waals surface area (Å²) in [5.41, 5.74) is 3.06. The summed E-state index contributed by atoms with van der Waals surface area (Å²) in [4.78, 5) is 12.1. The lowest BCUT2D eigenvalue weighted by Gasteiger charge is -2.05. The fourth-order valence-electron chi connectivity index (χ4n) is 2.61. The molecule has 0 spiro atoms. The number of nitrogen functional groups attached to an aromatic ring is 1. The molecule has 0 bridgehead atoms. The van der Waals surface area contributed by atoms with Gasteiger partial charge in [-0.05, 0) is 30.3 Å². The number of aromatic amines is 1. The number of anilines is 1. The van der Waals surface area contributed by atoms with Crippen LogP contribution in [0.25, 0.3) is 22.8 Å². The zero-order valence-electron chi connectivity index (χ0n) is 15.0. The number of nitrogens with one attached hydrogen (secondary N) is 2. The quantitative estimate of drug-likeness (QED) is 0.322. The summed E-state index contributed by atoms with van der Waals surface area (Å²) >= 11 is 7.03. The molecule has 0 aliphatic heterocycles. The lowest BCUT2D eigenvalue weighted by Crippen LogP contribution is -2.16. The van der Waals surface area contributed by atoms with Crippen molar-refractivity contribution in [2.24, 2.45) is 0 Å². The van der Waals surface area contributed by atoms with Crippen LogP contribution in [0.4, 0.5) is 5.69 Å². The molecule has 0 aliphatic carbocycles. The number of nitrogens with two attached hydrogens (primary N) is 1. The third kappa shape index (κ3) is 4.41. The molecule has 4 rings (SSSR count). The van der Waals surface area contributed by atoms with Gasteiger partial charge in [-0.25, -0.2) is 4.68 Å². The first-order valence-electron chi connectivity index (χ1n) is 8.60. The number of halogens is 1. The molecule has 2 heterocycles. The second kappa shape index (κ2) is 8.38. The van der Waals surface area contributed by atoms with Crippen molar-refractivity contribution in [3.05, 3.63) is 65.7 Å². The van der Waals surface area contributed by atoms with E-state index in [1.807, 2.05) is 36.4 Å². The number of hydrogen-bond acceptors (Lipinski definition) is 6. The molecule has 4 aromatic rings. The first-order valence-corrected chi connectivity index (χ1v) is 9.96. The van der Waals surface area contributed by atoms with Gasteiger partial charge < -0.3 is 11.2 Å². The highest BCUT2D eigenvalue weighted by atomic mass is 35.5. The van der Waals surface area contributed by atoms with Gasteiger partial charge in [0.1, 0.15) is 5.69 Å². The van der Waals surface area contributed by atoms with Crippen molar-refractivity contribution in [2.75, 3.05) is 16.9 Å². The molecule has 0 fully saturated rings. The Balaban J connectivity index is 1.42.